The number of H-pyrrole nitrogens is 1. The molecule has 0 saturated heterocycles. The average molecular weight is 445 g/mol. The van der Waals surface area contributed by atoms with Crippen molar-refractivity contribution in [1.29, 1.82) is 0 Å². The van der Waals surface area contributed by atoms with Gasteiger partial charge in [-0.05, 0) is 52.7 Å². The van der Waals surface area contributed by atoms with Crippen molar-refractivity contribution in [2.24, 2.45) is 0 Å². The molecule has 2 aromatic carbocycles. The standard InChI is InChI=1S/C18H16BrF3N2O3/c1-2-26-12-4-5-14-15(8-12)24-17(23-14)10-25-9-11-3-6-16(13(19)7-11)27-18(20,21)22/h3-8H,2,9-10H2,1H3,(H,23,24). The van der Waals surface area contributed by atoms with Crippen molar-refractivity contribution in [2.75, 3.05) is 6.61 Å². The van der Waals surface area contributed by atoms with Crippen molar-refractivity contribution in [3.05, 3.63) is 52.3 Å². The molecule has 3 aromatic rings. The first-order chi connectivity index (χ1) is 12.8. The van der Waals surface area contributed by atoms with Crippen LogP contribution in [0, 0.1) is 0 Å². The minimum absolute atomic E-state index is 0.202. The SMILES string of the molecule is CCOc1ccc2nc(COCc3ccc(OC(F)(F)F)c(Br)c3)[nH]c2c1. The summed E-state index contributed by atoms with van der Waals surface area (Å²) in [5, 5.41) is 0. The van der Waals surface area contributed by atoms with Crippen molar-refractivity contribution in [3.8, 4) is 11.5 Å². The number of halogens is 4. The monoisotopic (exact) mass is 444 g/mol. The summed E-state index contributed by atoms with van der Waals surface area (Å²) in [5.41, 5.74) is 2.34. The maximum atomic E-state index is 12.3. The topological polar surface area (TPSA) is 56.4 Å². The Morgan fingerprint density at radius 3 is 2.63 bits per heavy atom. The lowest BCUT2D eigenvalue weighted by Crippen LogP contribution is -2.17. The zero-order valence-electron chi connectivity index (χ0n) is 14.3. The molecule has 0 unspecified atom stereocenters. The van der Waals surface area contributed by atoms with Gasteiger partial charge in [0.1, 0.15) is 23.9 Å². The van der Waals surface area contributed by atoms with E-state index in [9.17, 15) is 13.2 Å². The maximum absolute atomic E-state index is 12.3. The molecule has 9 heteroatoms. The van der Waals surface area contributed by atoms with E-state index < -0.39 is 6.36 Å². The molecule has 0 bridgehead atoms. The zero-order chi connectivity index (χ0) is 19.4. The van der Waals surface area contributed by atoms with Gasteiger partial charge in [-0.25, -0.2) is 4.98 Å². The highest BCUT2D eigenvalue weighted by Gasteiger charge is 2.31. The van der Waals surface area contributed by atoms with Crippen LogP contribution < -0.4 is 9.47 Å². The van der Waals surface area contributed by atoms with Crippen LogP contribution in [0.1, 0.15) is 18.3 Å². The van der Waals surface area contributed by atoms with E-state index in [-0.39, 0.29) is 23.4 Å². The molecule has 0 aliphatic heterocycles. The van der Waals surface area contributed by atoms with Crippen LogP contribution in [0.2, 0.25) is 0 Å². The van der Waals surface area contributed by atoms with Crippen LogP contribution in [-0.4, -0.2) is 22.9 Å². The summed E-state index contributed by atoms with van der Waals surface area (Å²) >= 11 is 3.07. The lowest BCUT2D eigenvalue weighted by molar-refractivity contribution is -0.274. The quantitative estimate of drug-likeness (QED) is 0.534. The molecule has 144 valence electrons. The second kappa shape index (κ2) is 8.18. The molecule has 0 aliphatic rings. The summed E-state index contributed by atoms with van der Waals surface area (Å²) in [6.07, 6.45) is -4.73. The van der Waals surface area contributed by atoms with Crippen LogP contribution >= 0.6 is 15.9 Å². The van der Waals surface area contributed by atoms with Crippen LogP contribution in [-0.2, 0) is 18.0 Å². The van der Waals surface area contributed by atoms with Gasteiger partial charge in [0.05, 0.1) is 28.7 Å². The fraction of sp³-hybridized carbons (Fsp3) is 0.278. The van der Waals surface area contributed by atoms with E-state index in [0.29, 0.717) is 18.0 Å². The minimum Gasteiger partial charge on any atom is -0.494 e. The number of nitrogens with zero attached hydrogens (tertiary/aromatic N) is 1. The van der Waals surface area contributed by atoms with Gasteiger partial charge in [0.2, 0.25) is 0 Å². The van der Waals surface area contributed by atoms with Gasteiger partial charge in [0.15, 0.2) is 0 Å². The molecule has 1 heterocycles. The van der Waals surface area contributed by atoms with Gasteiger partial charge in [-0.15, -0.1) is 13.2 Å². The second-order valence-corrected chi connectivity index (χ2v) is 6.46. The number of aromatic amines is 1. The van der Waals surface area contributed by atoms with Crippen LogP contribution in [0.3, 0.4) is 0 Å². The third-order valence-corrected chi connectivity index (χ3v) is 4.16. The molecule has 0 radical (unpaired) electrons. The van der Waals surface area contributed by atoms with Crippen molar-refractivity contribution in [2.45, 2.75) is 26.5 Å². The van der Waals surface area contributed by atoms with Gasteiger partial charge in [0.25, 0.3) is 0 Å². The van der Waals surface area contributed by atoms with Crippen molar-refractivity contribution < 1.29 is 27.4 Å². The predicted molar refractivity (Wildman–Crippen MR) is 96.6 cm³/mol. The van der Waals surface area contributed by atoms with Crippen LogP contribution in [0.15, 0.2) is 40.9 Å². The van der Waals surface area contributed by atoms with Gasteiger partial charge < -0.3 is 19.2 Å². The van der Waals surface area contributed by atoms with E-state index in [1.54, 1.807) is 0 Å². The van der Waals surface area contributed by atoms with E-state index in [1.165, 1.54) is 18.2 Å². The van der Waals surface area contributed by atoms with E-state index >= 15 is 0 Å². The Morgan fingerprint density at radius 1 is 1.11 bits per heavy atom. The Kier molecular flexibility index (Phi) is 5.91. The minimum atomic E-state index is -4.73. The summed E-state index contributed by atoms with van der Waals surface area (Å²) in [4.78, 5) is 7.58. The number of hydrogen-bond donors (Lipinski definition) is 1. The zero-order valence-corrected chi connectivity index (χ0v) is 15.9. The lowest BCUT2D eigenvalue weighted by atomic mass is 10.2. The van der Waals surface area contributed by atoms with Crippen molar-refractivity contribution in [1.82, 2.24) is 9.97 Å². The first kappa shape index (κ1) is 19.5. The number of aromatic nitrogens is 2. The number of fused-ring (bicyclic) bond motifs is 1. The lowest BCUT2D eigenvalue weighted by Gasteiger charge is -2.11. The molecule has 1 N–H and O–H groups in total. The van der Waals surface area contributed by atoms with Crippen LogP contribution in [0.4, 0.5) is 13.2 Å². The number of rotatable bonds is 7. The molecule has 0 atom stereocenters. The highest BCUT2D eigenvalue weighted by molar-refractivity contribution is 9.10. The van der Waals surface area contributed by atoms with E-state index in [0.717, 1.165) is 16.8 Å². The van der Waals surface area contributed by atoms with Gasteiger partial charge in [0, 0.05) is 6.07 Å². The molecular weight excluding hydrogens is 429 g/mol. The Balaban J connectivity index is 1.59. The number of alkyl halides is 3. The van der Waals surface area contributed by atoms with Gasteiger partial charge in [-0.1, -0.05) is 6.07 Å². The normalized spacial score (nSPS) is 11.7. The summed E-state index contributed by atoms with van der Waals surface area (Å²) in [6.45, 7) is 2.94. The van der Waals surface area contributed by atoms with Crippen LogP contribution in [0.5, 0.6) is 11.5 Å². The predicted octanol–water partition coefficient (Wildman–Crippen LogP) is 5.34. The van der Waals surface area contributed by atoms with E-state index in [2.05, 4.69) is 30.6 Å². The Hall–Kier alpha value is -2.26. The number of hydrogen-bond acceptors (Lipinski definition) is 4. The Bertz CT molecular complexity index is 928. The average Bonchev–Trinajstić information content (AvgIpc) is 2.98. The second-order valence-electron chi connectivity index (χ2n) is 5.60. The van der Waals surface area contributed by atoms with Gasteiger partial charge in [-0.2, -0.15) is 0 Å². The largest absolute Gasteiger partial charge is 0.573 e. The molecule has 5 nitrogen and oxygen atoms in total. The van der Waals surface area contributed by atoms with E-state index in [1.807, 2.05) is 25.1 Å². The molecule has 3 rings (SSSR count). The fourth-order valence-corrected chi connectivity index (χ4v) is 2.98. The third kappa shape index (κ3) is 5.36. The smallest absolute Gasteiger partial charge is 0.494 e. The number of ether oxygens (including phenoxy) is 3. The molecule has 0 saturated carbocycles. The maximum Gasteiger partial charge on any atom is 0.573 e. The summed E-state index contributed by atoms with van der Waals surface area (Å²) in [5.74, 6) is 1.11. The molecule has 0 spiro atoms. The Labute approximate surface area is 161 Å². The highest BCUT2D eigenvalue weighted by atomic mass is 79.9. The highest BCUT2D eigenvalue weighted by Crippen LogP contribution is 2.31. The number of benzene rings is 2. The number of nitrogens with one attached hydrogen (secondary N) is 1. The van der Waals surface area contributed by atoms with E-state index in [4.69, 9.17) is 9.47 Å². The summed E-state index contributed by atoms with van der Waals surface area (Å²) < 4.78 is 52.0. The Morgan fingerprint density at radius 2 is 1.93 bits per heavy atom. The molecule has 0 aliphatic carbocycles. The third-order valence-electron chi connectivity index (χ3n) is 3.54. The molecular formula is C18H16BrF3N2O3. The van der Waals surface area contributed by atoms with Crippen molar-refractivity contribution in [3.63, 3.8) is 0 Å². The first-order valence-electron chi connectivity index (χ1n) is 8.07. The first-order valence-corrected chi connectivity index (χ1v) is 8.86. The van der Waals surface area contributed by atoms with Gasteiger partial charge in [-0.3, -0.25) is 0 Å². The van der Waals surface area contributed by atoms with Gasteiger partial charge >= 0.3 is 6.36 Å². The molecule has 0 fully saturated rings. The molecule has 1 aromatic heterocycles. The fourth-order valence-electron chi connectivity index (χ4n) is 2.47. The number of imidazole rings is 1. The molecule has 0 amide bonds. The summed E-state index contributed by atoms with van der Waals surface area (Å²) in [7, 11) is 0. The summed E-state index contributed by atoms with van der Waals surface area (Å²) in [6, 6.07) is 9.85. The van der Waals surface area contributed by atoms with Crippen LogP contribution in [0.25, 0.3) is 11.0 Å². The molecule has 27 heavy (non-hydrogen) atoms. The van der Waals surface area contributed by atoms with Crippen molar-refractivity contribution >= 4 is 27.0 Å².